The number of rotatable bonds is 1. The molecule has 0 aliphatic rings. The fourth-order valence-corrected chi connectivity index (χ4v) is 1.16. The van der Waals surface area contributed by atoms with Crippen LogP contribution in [-0.4, -0.2) is 6.36 Å². The summed E-state index contributed by atoms with van der Waals surface area (Å²) in [4.78, 5) is 0. The summed E-state index contributed by atoms with van der Waals surface area (Å²) in [7, 11) is 0. The fraction of sp³-hybridized carbons (Fsp3) is 0.143. The Bertz CT molecular complexity index is 310. The third-order valence-electron chi connectivity index (χ3n) is 1.14. The fourth-order valence-electron chi connectivity index (χ4n) is 0.688. The maximum Gasteiger partial charge on any atom is 0.573 e. The molecule has 1 nitrogen and oxygen atoms in total. The van der Waals surface area contributed by atoms with E-state index in [1.54, 1.807) is 22.6 Å². The number of hydrogen-bond acceptors (Lipinski definition) is 1. The van der Waals surface area contributed by atoms with Crippen LogP contribution >= 0.6 is 22.6 Å². The molecule has 0 aromatic heterocycles. The van der Waals surface area contributed by atoms with Crippen molar-refractivity contribution in [2.24, 2.45) is 0 Å². The molecule has 0 saturated heterocycles. The van der Waals surface area contributed by atoms with Gasteiger partial charge in [-0.25, -0.2) is 4.39 Å². The summed E-state index contributed by atoms with van der Waals surface area (Å²) in [6, 6.07) is 3.55. The minimum atomic E-state index is -4.86. The summed E-state index contributed by atoms with van der Waals surface area (Å²) >= 11 is 1.58. The van der Waals surface area contributed by atoms with Crippen LogP contribution in [0.3, 0.4) is 0 Å². The lowest BCUT2D eigenvalue weighted by Crippen LogP contribution is -2.18. The zero-order valence-electron chi connectivity index (χ0n) is 6.03. The van der Waals surface area contributed by atoms with Crippen molar-refractivity contribution in [3.8, 4) is 5.75 Å². The van der Waals surface area contributed by atoms with Gasteiger partial charge in [0, 0.05) is 0 Å². The summed E-state index contributed by atoms with van der Waals surface area (Å²) in [6.45, 7) is 0. The average Bonchev–Trinajstić information content (AvgIpc) is 1.96. The third-order valence-corrected chi connectivity index (χ3v) is 1.97. The molecular weight excluding hydrogens is 303 g/mol. The van der Waals surface area contributed by atoms with Crippen LogP contribution in [0.2, 0.25) is 0 Å². The maximum atomic E-state index is 12.9. The second-order valence-electron chi connectivity index (χ2n) is 2.10. The molecule has 1 aromatic rings. The lowest BCUT2D eigenvalue weighted by Gasteiger charge is -2.09. The number of alkyl halides is 3. The van der Waals surface area contributed by atoms with Crippen LogP contribution in [0.5, 0.6) is 5.75 Å². The van der Waals surface area contributed by atoms with Gasteiger partial charge < -0.3 is 4.74 Å². The van der Waals surface area contributed by atoms with E-state index in [2.05, 4.69) is 4.74 Å². The molecule has 0 bridgehead atoms. The van der Waals surface area contributed by atoms with Crippen molar-refractivity contribution in [1.82, 2.24) is 0 Å². The van der Waals surface area contributed by atoms with Crippen LogP contribution in [0.25, 0.3) is 0 Å². The van der Waals surface area contributed by atoms with E-state index < -0.39 is 17.9 Å². The van der Waals surface area contributed by atoms with Gasteiger partial charge in [0.25, 0.3) is 0 Å². The number of ether oxygens (including phenoxy) is 1. The van der Waals surface area contributed by atoms with Crippen molar-refractivity contribution in [3.05, 3.63) is 27.6 Å². The van der Waals surface area contributed by atoms with Crippen molar-refractivity contribution < 1.29 is 22.3 Å². The molecule has 0 N–H and O–H groups in total. The molecule has 0 saturated carbocycles. The monoisotopic (exact) mass is 306 g/mol. The molecule has 13 heavy (non-hydrogen) atoms. The average molecular weight is 306 g/mol. The largest absolute Gasteiger partial charge is 0.573 e. The first kappa shape index (κ1) is 10.6. The van der Waals surface area contributed by atoms with Crippen LogP contribution in [0, 0.1) is 9.39 Å². The quantitative estimate of drug-likeness (QED) is 0.571. The van der Waals surface area contributed by atoms with Gasteiger partial charge in [-0.05, 0) is 34.7 Å². The van der Waals surface area contributed by atoms with E-state index >= 15 is 0 Å². The Morgan fingerprint density at radius 1 is 1.23 bits per heavy atom. The summed E-state index contributed by atoms with van der Waals surface area (Å²) < 4.78 is 51.4. The van der Waals surface area contributed by atoms with Gasteiger partial charge in [0.2, 0.25) is 0 Å². The van der Waals surface area contributed by atoms with Crippen LogP contribution in [-0.2, 0) is 0 Å². The van der Waals surface area contributed by atoms with Crippen LogP contribution in [0.4, 0.5) is 17.6 Å². The molecule has 0 radical (unpaired) electrons. The van der Waals surface area contributed by atoms with E-state index in [1.165, 1.54) is 12.1 Å². The van der Waals surface area contributed by atoms with Gasteiger partial charge in [0.15, 0.2) is 11.6 Å². The minimum Gasteiger partial charge on any atom is -0.403 e. The van der Waals surface area contributed by atoms with Gasteiger partial charge in [-0.15, -0.1) is 13.2 Å². The molecule has 1 rings (SSSR count). The predicted octanol–water partition coefficient (Wildman–Crippen LogP) is 3.33. The van der Waals surface area contributed by atoms with Crippen molar-refractivity contribution in [2.45, 2.75) is 6.36 Å². The first-order valence-electron chi connectivity index (χ1n) is 3.10. The molecular formula is C7H3F4IO. The summed E-state index contributed by atoms with van der Waals surface area (Å²) in [5.41, 5.74) is 0. The molecule has 72 valence electrons. The van der Waals surface area contributed by atoms with E-state index in [0.29, 0.717) is 0 Å². The highest BCUT2D eigenvalue weighted by molar-refractivity contribution is 14.1. The Balaban J connectivity index is 2.96. The third kappa shape index (κ3) is 3.02. The van der Waals surface area contributed by atoms with E-state index in [1.807, 2.05) is 0 Å². The normalized spacial score (nSPS) is 11.5. The van der Waals surface area contributed by atoms with Gasteiger partial charge in [-0.1, -0.05) is 6.07 Å². The Labute approximate surface area is 84.8 Å². The van der Waals surface area contributed by atoms with Crippen molar-refractivity contribution in [1.29, 1.82) is 0 Å². The Morgan fingerprint density at radius 2 is 1.85 bits per heavy atom. The van der Waals surface area contributed by atoms with Crippen molar-refractivity contribution >= 4 is 22.6 Å². The number of benzene rings is 1. The molecule has 0 aliphatic carbocycles. The minimum absolute atomic E-state index is 0.0827. The van der Waals surface area contributed by atoms with E-state index in [0.717, 1.165) is 6.07 Å². The Morgan fingerprint density at radius 3 is 2.38 bits per heavy atom. The first-order chi connectivity index (χ1) is 5.90. The van der Waals surface area contributed by atoms with Crippen LogP contribution in [0.15, 0.2) is 18.2 Å². The number of halogens is 5. The highest BCUT2D eigenvalue weighted by atomic mass is 127. The molecule has 0 heterocycles. The smallest absolute Gasteiger partial charge is 0.403 e. The molecule has 6 heteroatoms. The van der Waals surface area contributed by atoms with Crippen molar-refractivity contribution in [2.75, 3.05) is 0 Å². The standard InChI is InChI=1S/C7H3F4IO/c8-6-4(12)2-1-3-5(6)13-7(9,10)11/h1-3H. The highest BCUT2D eigenvalue weighted by Crippen LogP contribution is 2.27. The highest BCUT2D eigenvalue weighted by Gasteiger charge is 2.32. The van der Waals surface area contributed by atoms with Gasteiger partial charge >= 0.3 is 6.36 Å². The zero-order valence-corrected chi connectivity index (χ0v) is 8.19. The van der Waals surface area contributed by atoms with E-state index in [4.69, 9.17) is 0 Å². The van der Waals surface area contributed by atoms with Crippen molar-refractivity contribution in [3.63, 3.8) is 0 Å². The summed E-state index contributed by atoms with van der Waals surface area (Å²) in [5, 5.41) is 0. The lowest BCUT2D eigenvalue weighted by molar-refractivity contribution is -0.275. The SMILES string of the molecule is Fc1c(I)cccc1OC(F)(F)F. The van der Waals surface area contributed by atoms with E-state index in [9.17, 15) is 17.6 Å². The second-order valence-corrected chi connectivity index (χ2v) is 3.26. The summed E-state index contributed by atoms with van der Waals surface area (Å²) in [6.07, 6.45) is -4.86. The van der Waals surface area contributed by atoms with Crippen LogP contribution in [0.1, 0.15) is 0 Å². The van der Waals surface area contributed by atoms with Gasteiger partial charge in [0.1, 0.15) is 0 Å². The number of hydrogen-bond donors (Lipinski definition) is 0. The molecule has 0 spiro atoms. The van der Waals surface area contributed by atoms with E-state index in [-0.39, 0.29) is 3.57 Å². The molecule has 1 aromatic carbocycles. The molecule has 0 fully saturated rings. The van der Waals surface area contributed by atoms with Gasteiger partial charge in [-0.3, -0.25) is 0 Å². The van der Waals surface area contributed by atoms with Crippen LogP contribution < -0.4 is 4.74 Å². The summed E-state index contributed by atoms with van der Waals surface area (Å²) in [5.74, 6) is -1.81. The Hall–Kier alpha value is -0.530. The molecule has 0 atom stereocenters. The maximum absolute atomic E-state index is 12.9. The predicted molar refractivity (Wildman–Crippen MR) is 45.8 cm³/mol. The molecule has 0 unspecified atom stereocenters. The topological polar surface area (TPSA) is 9.23 Å². The van der Waals surface area contributed by atoms with Gasteiger partial charge in [-0.2, -0.15) is 0 Å². The lowest BCUT2D eigenvalue weighted by atomic mass is 10.3. The van der Waals surface area contributed by atoms with Gasteiger partial charge in [0.05, 0.1) is 3.57 Å². The Kier molecular flexibility index (Phi) is 2.99. The molecule has 0 aliphatic heterocycles. The second kappa shape index (κ2) is 3.69. The first-order valence-corrected chi connectivity index (χ1v) is 4.18. The molecule has 0 amide bonds. The zero-order chi connectivity index (χ0) is 10.1.